The molecule has 33 heavy (non-hydrogen) atoms. The molecule has 9 heteroatoms. The predicted molar refractivity (Wildman–Crippen MR) is 119 cm³/mol. The van der Waals surface area contributed by atoms with Crippen molar-refractivity contribution in [3.05, 3.63) is 88.0 Å². The van der Waals surface area contributed by atoms with E-state index in [1.165, 1.54) is 32.2 Å². The maximum atomic E-state index is 13.2. The van der Waals surface area contributed by atoms with Crippen LogP contribution in [0.25, 0.3) is 0 Å². The zero-order valence-electron chi connectivity index (χ0n) is 17.8. The van der Waals surface area contributed by atoms with Gasteiger partial charge < -0.3 is 19.5 Å². The average Bonchev–Trinajstić information content (AvgIpc) is 2.82. The number of hydrogen-bond donors (Lipinski definition) is 1. The molecule has 0 aromatic heterocycles. The number of amides is 1. The fourth-order valence-corrected chi connectivity index (χ4v) is 3.60. The van der Waals surface area contributed by atoms with Crippen molar-refractivity contribution in [2.75, 3.05) is 12.4 Å². The number of para-hydroxylation sites is 2. The number of benzene rings is 3. The largest absolute Gasteiger partial charge is 0.495 e. The Bertz CT molecular complexity index is 1200. The molecule has 1 heterocycles. The Morgan fingerprint density at radius 3 is 2.21 bits per heavy atom. The fourth-order valence-electron chi connectivity index (χ4n) is 3.60. The van der Waals surface area contributed by atoms with E-state index in [2.05, 4.69) is 5.32 Å². The molecule has 1 aliphatic heterocycles. The highest BCUT2D eigenvalue weighted by molar-refractivity contribution is 5.97. The number of rotatable bonds is 6. The average molecular weight is 448 g/mol. The SMILES string of the molecule is COc1ccc([N+](=O)[O-])cc1NC(=O)[C@@H](C)OC(=O)C1c2ccccc2Oc2ccccc21. The van der Waals surface area contributed by atoms with Gasteiger partial charge in [0.25, 0.3) is 11.6 Å². The first-order valence-corrected chi connectivity index (χ1v) is 10.1. The van der Waals surface area contributed by atoms with Gasteiger partial charge in [0.15, 0.2) is 6.10 Å². The molecular weight excluding hydrogens is 428 g/mol. The number of fused-ring (bicyclic) bond motifs is 2. The van der Waals surface area contributed by atoms with E-state index in [1.54, 1.807) is 48.5 Å². The molecule has 0 bridgehead atoms. The van der Waals surface area contributed by atoms with Gasteiger partial charge in [0.05, 0.1) is 17.7 Å². The standard InChI is InChI=1S/C24H20N2O7/c1-14(23(27)25-18-13-15(26(29)30)11-12-21(18)31-2)32-24(28)22-16-7-3-5-9-19(16)33-20-10-6-4-8-17(20)22/h3-14,22H,1-2H3,(H,25,27)/t14-/m1/s1. The zero-order chi connectivity index (χ0) is 23.5. The molecule has 1 amide bonds. The first kappa shape index (κ1) is 21.8. The summed E-state index contributed by atoms with van der Waals surface area (Å²) in [5.74, 6) is -0.732. The van der Waals surface area contributed by atoms with Crippen molar-refractivity contribution in [1.82, 2.24) is 0 Å². The lowest BCUT2D eigenvalue weighted by atomic mass is 9.88. The summed E-state index contributed by atoms with van der Waals surface area (Å²) in [7, 11) is 1.38. The Labute approximate surface area is 189 Å². The van der Waals surface area contributed by atoms with Crippen molar-refractivity contribution in [3.63, 3.8) is 0 Å². The number of methoxy groups -OCH3 is 1. The number of non-ortho nitro benzene ring substituents is 1. The van der Waals surface area contributed by atoms with E-state index in [0.717, 1.165) is 0 Å². The van der Waals surface area contributed by atoms with E-state index >= 15 is 0 Å². The maximum absolute atomic E-state index is 13.2. The minimum absolute atomic E-state index is 0.0985. The Kier molecular flexibility index (Phi) is 5.95. The highest BCUT2D eigenvalue weighted by Gasteiger charge is 2.35. The summed E-state index contributed by atoms with van der Waals surface area (Å²) in [4.78, 5) is 36.4. The Balaban J connectivity index is 1.55. The summed E-state index contributed by atoms with van der Waals surface area (Å²) in [5, 5.41) is 13.6. The van der Waals surface area contributed by atoms with Gasteiger partial charge in [-0.2, -0.15) is 0 Å². The second-order valence-corrected chi connectivity index (χ2v) is 7.32. The molecule has 3 aromatic rings. The third-order valence-corrected chi connectivity index (χ3v) is 5.23. The van der Waals surface area contributed by atoms with Crippen LogP contribution in [0.15, 0.2) is 66.7 Å². The van der Waals surface area contributed by atoms with Crippen molar-refractivity contribution in [2.45, 2.75) is 18.9 Å². The van der Waals surface area contributed by atoms with Crippen molar-refractivity contribution in [1.29, 1.82) is 0 Å². The number of hydrogen-bond acceptors (Lipinski definition) is 7. The second kappa shape index (κ2) is 8.99. The van der Waals surface area contributed by atoms with Crippen LogP contribution >= 0.6 is 0 Å². The van der Waals surface area contributed by atoms with Crippen LogP contribution in [0.1, 0.15) is 24.0 Å². The number of nitro benzene ring substituents is 1. The van der Waals surface area contributed by atoms with Gasteiger partial charge in [-0.1, -0.05) is 36.4 Å². The molecule has 0 saturated heterocycles. The second-order valence-electron chi connectivity index (χ2n) is 7.32. The minimum Gasteiger partial charge on any atom is -0.495 e. The Hall–Kier alpha value is -4.40. The third-order valence-electron chi connectivity index (χ3n) is 5.23. The van der Waals surface area contributed by atoms with Crippen LogP contribution in [0.4, 0.5) is 11.4 Å². The molecule has 1 N–H and O–H groups in total. The quantitative estimate of drug-likeness (QED) is 0.337. The number of nitro groups is 1. The molecule has 0 aliphatic carbocycles. The zero-order valence-corrected chi connectivity index (χ0v) is 17.8. The van der Waals surface area contributed by atoms with E-state index < -0.39 is 28.8 Å². The third kappa shape index (κ3) is 4.33. The van der Waals surface area contributed by atoms with E-state index in [4.69, 9.17) is 14.2 Å². The van der Waals surface area contributed by atoms with Crippen LogP contribution in [0.3, 0.4) is 0 Å². The Morgan fingerprint density at radius 1 is 1.03 bits per heavy atom. The molecule has 0 fully saturated rings. The molecule has 0 radical (unpaired) electrons. The van der Waals surface area contributed by atoms with Gasteiger partial charge in [-0.3, -0.25) is 19.7 Å². The van der Waals surface area contributed by atoms with E-state index in [1.807, 2.05) is 0 Å². The molecule has 168 valence electrons. The topological polar surface area (TPSA) is 117 Å². The normalized spacial score (nSPS) is 13.0. The van der Waals surface area contributed by atoms with E-state index in [-0.39, 0.29) is 17.1 Å². The van der Waals surface area contributed by atoms with Crippen LogP contribution < -0.4 is 14.8 Å². The summed E-state index contributed by atoms with van der Waals surface area (Å²) in [6.07, 6.45) is -1.18. The van der Waals surface area contributed by atoms with Gasteiger partial charge in [-0.15, -0.1) is 0 Å². The monoisotopic (exact) mass is 448 g/mol. The van der Waals surface area contributed by atoms with Crippen LogP contribution in [-0.4, -0.2) is 30.0 Å². The summed E-state index contributed by atoms with van der Waals surface area (Å²) < 4.78 is 16.6. The fraction of sp³-hybridized carbons (Fsp3) is 0.167. The Morgan fingerprint density at radius 2 is 1.64 bits per heavy atom. The van der Waals surface area contributed by atoms with Gasteiger partial charge in [0, 0.05) is 23.3 Å². The molecule has 0 spiro atoms. The van der Waals surface area contributed by atoms with Crippen LogP contribution in [0, 0.1) is 10.1 Å². The molecule has 0 saturated carbocycles. The van der Waals surface area contributed by atoms with Gasteiger partial charge in [-0.25, -0.2) is 0 Å². The highest BCUT2D eigenvalue weighted by Crippen LogP contribution is 2.44. The van der Waals surface area contributed by atoms with Gasteiger partial charge in [-0.05, 0) is 25.1 Å². The molecule has 9 nitrogen and oxygen atoms in total. The number of carbonyl (C=O) groups is 2. The van der Waals surface area contributed by atoms with E-state index in [9.17, 15) is 19.7 Å². The number of anilines is 1. The van der Waals surface area contributed by atoms with Gasteiger partial charge in [0.1, 0.15) is 23.2 Å². The van der Waals surface area contributed by atoms with Crippen molar-refractivity contribution in [2.24, 2.45) is 0 Å². The lowest BCUT2D eigenvalue weighted by Gasteiger charge is -2.27. The number of nitrogens with one attached hydrogen (secondary N) is 1. The van der Waals surface area contributed by atoms with Crippen molar-refractivity contribution < 1.29 is 28.7 Å². The number of esters is 1. The molecule has 4 rings (SSSR count). The van der Waals surface area contributed by atoms with Crippen LogP contribution in [0.5, 0.6) is 17.2 Å². The maximum Gasteiger partial charge on any atom is 0.318 e. The van der Waals surface area contributed by atoms with Crippen LogP contribution in [-0.2, 0) is 14.3 Å². The molecule has 0 unspecified atom stereocenters. The molecule has 1 atom stereocenters. The summed E-state index contributed by atoms with van der Waals surface area (Å²) >= 11 is 0. The summed E-state index contributed by atoms with van der Waals surface area (Å²) in [5.41, 5.74) is 1.15. The minimum atomic E-state index is -1.18. The smallest absolute Gasteiger partial charge is 0.318 e. The van der Waals surface area contributed by atoms with Crippen molar-refractivity contribution >= 4 is 23.3 Å². The first-order valence-electron chi connectivity index (χ1n) is 10.1. The number of ether oxygens (including phenoxy) is 3. The lowest BCUT2D eigenvalue weighted by Crippen LogP contribution is -2.32. The molecular formula is C24H20N2O7. The number of carbonyl (C=O) groups excluding carboxylic acids is 2. The first-order chi connectivity index (χ1) is 15.9. The molecule has 3 aromatic carbocycles. The van der Waals surface area contributed by atoms with Gasteiger partial charge >= 0.3 is 5.97 Å². The van der Waals surface area contributed by atoms with Crippen molar-refractivity contribution in [3.8, 4) is 17.2 Å². The summed E-state index contributed by atoms with van der Waals surface area (Å²) in [6, 6.07) is 18.1. The van der Waals surface area contributed by atoms with Gasteiger partial charge in [0.2, 0.25) is 0 Å². The highest BCUT2D eigenvalue weighted by atomic mass is 16.6. The summed E-state index contributed by atoms with van der Waals surface area (Å²) in [6.45, 7) is 1.42. The lowest BCUT2D eigenvalue weighted by molar-refractivity contribution is -0.384. The number of nitrogens with zero attached hydrogens (tertiary/aromatic N) is 1. The van der Waals surface area contributed by atoms with E-state index in [0.29, 0.717) is 22.6 Å². The molecule has 1 aliphatic rings. The van der Waals surface area contributed by atoms with Crippen LogP contribution in [0.2, 0.25) is 0 Å². The predicted octanol–water partition coefficient (Wildman–Crippen LogP) is 4.41.